The third-order valence-electron chi connectivity index (χ3n) is 3.83. The van der Waals surface area contributed by atoms with E-state index in [1.807, 2.05) is 24.1 Å². The number of thiazole rings is 1. The van der Waals surface area contributed by atoms with E-state index in [9.17, 15) is 4.79 Å². The fraction of sp³-hybridized carbons (Fsp3) is 0.467. The van der Waals surface area contributed by atoms with Gasteiger partial charge in [0.25, 0.3) is 5.91 Å². The van der Waals surface area contributed by atoms with Gasteiger partial charge in [-0.1, -0.05) is 0 Å². The number of rotatable bonds is 2. The molecule has 0 bridgehead atoms. The van der Waals surface area contributed by atoms with Crippen LogP contribution in [0.4, 0.5) is 0 Å². The maximum absolute atomic E-state index is 12.8. The molecule has 1 unspecified atom stereocenters. The van der Waals surface area contributed by atoms with Gasteiger partial charge in [-0.25, -0.2) is 15.0 Å². The molecule has 1 amide bonds. The second kappa shape index (κ2) is 5.89. The van der Waals surface area contributed by atoms with Crippen LogP contribution in [0.1, 0.15) is 52.1 Å². The van der Waals surface area contributed by atoms with Crippen molar-refractivity contribution >= 4 is 17.2 Å². The smallest absolute Gasteiger partial charge is 0.257 e. The summed E-state index contributed by atoms with van der Waals surface area (Å²) in [5, 5.41) is 3.08. The van der Waals surface area contributed by atoms with Gasteiger partial charge in [-0.15, -0.1) is 11.3 Å². The van der Waals surface area contributed by atoms with E-state index in [0.717, 1.165) is 42.2 Å². The maximum Gasteiger partial charge on any atom is 0.257 e. The predicted molar refractivity (Wildman–Crippen MR) is 81.2 cm³/mol. The molecule has 2 aromatic rings. The molecular weight excluding hydrogens is 284 g/mol. The van der Waals surface area contributed by atoms with E-state index in [-0.39, 0.29) is 11.9 Å². The number of amides is 1. The molecule has 5 nitrogen and oxygen atoms in total. The number of hydrogen-bond acceptors (Lipinski definition) is 5. The van der Waals surface area contributed by atoms with E-state index in [1.165, 1.54) is 6.33 Å². The van der Waals surface area contributed by atoms with Gasteiger partial charge in [0.2, 0.25) is 0 Å². The Labute approximate surface area is 128 Å². The average molecular weight is 302 g/mol. The van der Waals surface area contributed by atoms with E-state index in [4.69, 9.17) is 0 Å². The summed E-state index contributed by atoms with van der Waals surface area (Å²) in [6.45, 7) is 4.61. The summed E-state index contributed by atoms with van der Waals surface area (Å²) in [4.78, 5) is 27.5. The molecular formula is C15H18N4OS. The number of hydrogen-bond donors (Lipinski definition) is 0. The fourth-order valence-corrected chi connectivity index (χ4v) is 3.65. The molecule has 1 aliphatic heterocycles. The lowest BCUT2D eigenvalue weighted by molar-refractivity contribution is 0.0609. The molecule has 1 aliphatic rings. The van der Waals surface area contributed by atoms with Crippen molar-refractivity contribution in [1.29, 1.82) is 0 Å². The van der Waals surface area contributed by atoms with Gasteiger partial charge < -0.3 is 4.90 Å². The third-order valence-corrected chi connectivity index (χ3v) is 4.89. The SMILES string of the molecule is Cc1csc(C2CCCCN2C(=O)c2cncnc2C)n1. The molecule has 110 valence electrons. The molecule has 3 heterocycles. The first kappa shape index (κ1) is 14.1. The first-order chi connectivity index (χ1) is 10.2. The van der Waals surface area contributed by atoms with Crippen LogP contribution < -0.4 is 0 Å². The van der Waals surface area contributed by atoms with E-state index in [1.54, 1.807) is 17.5 Å². The average Bonchev–Trinajstić information content (AvgIpc) is 2.93. The third kappa shape index (κ3) is 2.81. The molecule has 3 rings (SSSR count). The predicted octanol–water partition coefficient (Wildman–Crippen LogP) is 2.92. The molecule has 2 aromatic heterocycles. The minimum Gasteiger partial charge on any atom is -0.329 e. The Hall–Kier alpha value is -1.82. The summed E-state index contributed by atoms with van der Waals surface area (Å²) in [6.07, 6.45) is 6.25. The number of carbonyl (C=O) groups excluding carboxylic acids is 1. The fourth-order valence-electron chi connectivity index (χ4n) is 2.71. The summed E-state index contributed by atoms with van der Waals surface area (Å²) in [5.74, 6) is 0.0191. The minimum absolute atomic E-state index is 0.0191. The highest BCUT2D eigenvalue weighted by Crippen LogP contribution is 2.33. The van der Waals surface area contributed by atoms with Gasteiger partial charge in [0.15, 0.2) is 0 Å². The number of piperidine rings is 1. The quantitative estimate of drug-likeness (QED) is 0.856. The Morgan fingerprint density at radius 3 is 2.95 bits per heavy atom. The zero-order valence-electron chi connectivity index (χ0n) is 12.2. The molecule has 1 atom stereocenters. The lowest BCUT2D eigenvalue weighted by Gasteiger charge is -2.34. The summed E-state index contributed by atoms with van der Waals surface area (Å²) < 4.78 is 0. The highest BCUT2D eigenvalue weighted by Gasteiger charge is 2.31. The maximum atomic E-state index is 12.8. The van der Waals surface area contributed by atoms with Crippen LogP contribution in [-0.2, 0) is 0 Å². The number of likely N-dealkylation sites (tertiary alicyclic amines) is 1. The normalized spacial score (nSPS) is 18.8. The Kier molecular flexibility index (Phi) is 3.96. The van der Waals surface area contributed by atoms with Crippen LogP contribution in [0, 0.1) is 13.8 Å². The lowest BCUT2D eigenvalue weighted by atomic mass is 10.0. The summed E-state index contributed by atoms with van der Waals surface area (Å²) in [7, 11) is 0. The molecule has 6 heteroatoms. The van der Waals surface area contributed by atoms with Gasteiger partial charge in [0.05, 0.1) is 17.3 Å². The van der Waals surface area contributed by atoms with Gasteiger partial charge in [0.1, 0.15) is 11.3 Å². The Morgan fingerprint density at radius 1 is 1.38 bits per heavy atom. The van der Waals surface area contributed by atoms with Crippen LogP contribution in [0.15, 0.2) is 17.9 Å². The number of nitrogens with zero attached hydrogens (tertiary/aromatic N) is 4. The number of aryl methyl sites for hydroxylation is 2. The topological polar surface area (TPSA) is 59.0 Å². The highest BCUT2D eigenvalue weighted by molar-refractivity contribution is 7.09. The van der Waals surface area contributed by atoms with Crippen LogP contribution in [0.3, 0.4) is 0 Å². The molecule has 0 aromatic carbocycles. The Balaban J connectivity index is 1.91. The minimum atomic E-state index is 0.0191. The molecule has 0 saturated carbocycles. The van der Waals surface area contributed by atoms with Gasteiger partial charge >= 0.3 is 0 Å². The van der Waals surface area contributed by atoms with Crippen LogP contribution in [0.2, 0.25) is 0 Å². The molecule has 0 spiro atoms. The van der Waals surface area contributed by atoms with Crippen LogP contribution in [0.25, 0.3) is 0 Å². The van der Waals surface area contributed by atoms with Gasteiger partial charge in [-0.05, 0) is 33.1 Å². The Morgan fingerprint density at radius 2 is 2.24 bits per heavy atom. The van der Waals surface area contributed by atoms with Crippen molar-refractivity contribution in [3.05, 3.63) is 39.9 Å². The lowest BCUT2D eigenvalue weighted by Crippen LogP contribution is -2.39. The van der Waals surface area contributed by atoms with Crippen molar-refractivity contribution in [2.75, 3.05) is 6.54 Å². The van der Waals surface area contributed by atoms with Crippen molar-refractivity contribution in [3.8, 4) is 0 Å². The van der Waals surface area contributed by atoms with Crippen LogP contribution in [0.5, 0.6) is 0 Å². The molecule has 0 radical (unpaired) electrons. The van der Waals surface area contributed by atoms with E-state index >= 15 is 0 Å². The van der Waals surface area contributed by atoms with Gasteiger partial charge in [0, 0.05) is 23.8 Å². The monoisotopic (exact) mass is 302 g/mol. The van der Waals surface area contributed by atoms with E-state index in [2.05, 4.69) is 15.0 Å². The molecule has 21 heavy (non-hydrogen) atoms. The summed E-state index contributed by atoms with van der Waals surface area (Å²) in [6, 6.07) is 0.0876. The van der Waals surface area contributed by atoms with Crippen molar-refractivity contribution in [3.63, 3.8) is 0 Å². The van der Waals surface area contributed by atoms with Gasteiger partial charge in [-0.2, -0.15) is 0 Å². The first-order valence-electron chi connectivity index (χ1n) is 7.16. The number of aromatic nitrogens is 3. The van der Waals surface area contributed by atoms with E-state index in [0.29, 0.717) is 5.56 Å². The molecule has 1 saturated heterocycles. The van der Waals surface area contributed by atoms with E-state index < -0.39 is 0 Å². The Bertz CT molecular complexity index is 655. The van der Waals surface area contributed by atoms with Crippen LogP contribution in [-0.4, -0.2) is 32.3 Å². The zero-order valence-corrected chi connectivity index (χ0v) is 13.1. The van der Waals surface area contributed by atoms with Crippen molar-refractivity contribution < 1.29 is 4.79 Å². The first-order valence-corrected chi connectivity index (χ1v) is 8.04. The van der Waals surface area contributed by atoms with Crippen molar-refractivity contribution in [2.24, 2.45) is 0 Å². The highest BCUT2D eigenvalue weighted by atomic mass is 32.1. The molecule has 0 aliphatic carbocycles. The summed E-state index contributed by atoms with van der Waals surface area (Å²) >= 11 is 1.64. The second-order valence-electron chi connectivity index (χ2n) is 5.36. The van der Waals surface area contributed by atoms with Crippen molar-refractivity contribution in [2.45, 2.75) is 39.2 Å². The van der Waals surface area contributed by atoms with Gasteiger partial charge in [-0.3, -0.25) is 4.79 Å². The largest absolute Gasteiger partial charge is 0.329 e. The van der Waals surface area contributed by atoms with Crippen LogP contribution >= 0.6 is 11.3 Å². The molecule has 1 fully saturated rings. The second-order valence-corrected chi connectivity index (χ2v) is 6.25. The standard InChI is InChI=1S/C15H18N4OS/c1-10-8-21-14(18-10)13-5-3-4-6-19(13)15(20)12-7-16-9-17-11(12)2/h7-9,13H,3-6H2,1-2H3. The number of carbonyl (C=O) groups is 1. The van der Waals surface area contributed by atoms with Crippen molar-refractivity contribution in [1.82, 2.24) is 19.9 Å². The summed E-state index contributed by atoms with van der Waals surface area (Å²) in [5.41, 5.74) is 2.35. The molecule has 0 N–H and O–H groups in total. The zero-order chi connectivity index (χ0) is 14.8.